The highest BCUT2D eigenvalue weighted by atomic mass is 19.4. The van der Waals surface area contributed by atoms with Crippen LogP contribution in [0.3, 0.4) is 0 Å². The first-order chi connectivity index (χ1) is 12.0. The molecule has 1 amide bonds. The number of alkyl halides is 6. The second-order valence-corrected chi connectivity index (χ2v) is 5.29. The number of halogens is 6. The average molecular weight is 377 g/mol. The number of ether oxygens (including phenoxy) is 1. The van der Waals surface area contributed by atoms with Crippen LogP contribution in [0.4, 0.5) is 26.3 Å². The van der Waals surface area contributed by atoms with Gasteiger partial charge in [0.25, 0.3) is 5.91 Å². The molecule has 0 radical (unpaired) electrons. The minimum atomic E-state index is -5.01. The van der Waals surface area contributed by atoms with Gasteiger partial charge in [-0.15, -0.1) is 0 Å². The highest BCUT2D eigenvalue weighted by Crippen LogP contribution is 2.36. The van der Waals surface area contributed by atoms with Gasteiger partial charge in [0.05, 0.1) is 18.2 Å². The topological polar surface area (TPSA) is 38.3 Å². The number of rotatable bonds is 4. The van der Waals surface area contributed by atoms with Crippen molar-refractivity contribution in [1.82, 2.24) is 5.32 Å². The lowest BCUT2D eigenvalue weighted by Gasteiger charge is -2.14. The molecule has 0 aliphatic carbocycles. The molecule has 0 aliphatic heterocycles. The summed E-state index contributed by atoms with van der Waals surface area (Å²) in [4.78, 5) is 12.1. The number of carbonyl (C=O) groups is 1. The summed E-state index contributed by atoms with van der Waals surface area (Å²) >= 11 is 0. The minimum absolute atomic E-state index is 0.0308. The van der Waals surface area contributed by atoms with Gasteiger partial charge in [-0.3, -0.25) is 4.79 Å². The molecule has 0 aliphatic rings. The summed E-state index contributed by atoms with van der Waals surface area (Å²) in [6, 6.07) is 7.26. The average Bonchev–Trinajstić information content (AvgIpc) is 2.58. The second-order valence-electron chi connectivity index (χ2n) is 5.29. The van der Waals surface area contributed by atoms with Crippen molar-refractivity contribution in [3.8, 4) is 5.75 Å². The largest absolute Gasteiger partial charge is 0.496 e. The van der Waals surface area contributed by atoms with Crippen molar-refractivity contribution in [2.75, 3.05) is 7.11 Å². The van der Waals surface area contributed by atoms with Gasteiger partial charge in [-0.2, -0.15) is 26.3 Å². The fourth-order valence-corrected chi connectivity index (χ4v) is 2.21. The zero-order chi connectivity index (χ0) is 19.5. The van der Waals surface area contributed by atoms with Crippen molar-refractivity contribution in [2.45, 2.75) is 18.9 Å². The molecule has 0 bridgehead atoms. The Balaban J connectivity index is 2.30. The van der Waals surface area contributed by atoms with E-state index in [-0.39, 0.29) is 12.6 Å². The predicted octanol–water partition coefficient (Wildman–Crippen LogP) is 4.66. The van der Waals surface area contributed by atoms with Crippen LogP contribution in [0.1, 0.15) is 27.0 Å². The smallest absolute Gasteiger partial charge is 0.416 e. The molecular formula is C17H13F6NO2. The van der Waals surface area contributed by atoms with E-state index in [0.717, 1.165) is 0 Å². The second kappa shape index (κ2) is 7.27. The van der Waals surface area contributed by atoms with Gasteiger partial charge in [0.1, 0.15) is 5.75 Å². The normalized spacial score (nSPS) is 12.0. The van der Waals surface area contributed by atoms with Crippen molar-refractivity contribution < 1.29 is 35.9 Å². The van der Waals surface area contributed by atoms with Crippen LogP contribution < -0.4 is 10.1 Å². The van der Waals surface area contributed by atoms with Crippen molar-refractivity contribution in [1.29, 1.82) is 0 Å². The van der Waals surface area contributed by atoms with Crippen LogP contribution in [-0.2, 0) is 18.9 Å². The molecule has 0 unspecified atom stereocenters. The van der Waals surface area contributed by atoms with Crippen LogP contribution in [-0.4, -0.2) is 13.0 Å². The third-order valence-corrected chi connectivity index (χ3v) is 3.48. The SMILES string of the molecule is COc1ccccc1CNC(=O)c1cc(C(F)(F)F)cc(C(F)(F)F)c1. The molecule has 2 aromatic carbocycles. The van der Waals surface area contributed by atoms with Gasteiger partial charge in [-0.1, -0.05) is 18.2 Å². The number of hydrogen-bond acceptors (Lipinski definition) is 2. The van der Waals surface area contributed by atoms with Gasteiger partial charge in [0.15, 0.2) is 0 Å². The first kappa shape index (κ1) is 19.6. The van der Waals surface area contributed by atoms with Crippen LogP contribution in [0.25, 0.3) is 0 Å². The number of para-hydroxylation sites is 1. The lowest BCUT2D eigenvalue weighted by Crippen LogP contribution is -2.24. The van der Waals surface area contributed by atoms with Crippen LogP contribution in [0, 0.1) is 0 Å². The van der Waals surface area contributed by atoms with Gasteiger partial charge in [0.2, 0.25) is 0 Å². The van der Waals surface area contributed by atoms with Gasteiger partial charge >= 0.3 is 12.4 Å². The Morgan fingerprint density at radius 3 is 2.00 bits per heavy atom. The molecule has 0 atom stereocenters. The molecule has 2 aromatic rings. The summed E-state index contributed by atoms with van der Waals surface area (Å²) in [6.45, 7) is -0.125. The molecule has 0 spiro atoms. The molecule has 0 fully saturated rings. The monoisotopic (exact) mass is 377 g/mol. The van der Waals surface area contributed by atoms with Crippen LogP contribution in [0.2, 0.25) is 0 Å². The van der Waals surface area contributed by atoms with E-state index in [9.17, 15) is 31.1 Å². The summed E-state index contributed by atoms with van der Waals surface area (Å²) < 4.78 is 82.1. The van der Waals surface area contributed by atoms with Crippen molar-refractivity contribution in [2.24, 2.45) is 0 Å². The maximum absolute atomic E-state index is 12.8. The maximum atomic E-state index is 12.8. The molecule has 0 aromatic heterocycles. The van der Waals surface area contributed by atoms with Gasteiger partial charge in [0, 0.05) is 17.7 Å². The third kappa shape index (κ3) is 4.68. The van der Waals surface area contributed by atoms with Gasteiger partial charge < -0.3 is 10.1 Å². The van der Waals surface area contributed by atoms with Crippen LogP contribution in [0.15, 0.2) is 42.5 Å². The highest BCUT2D eigenvalue weighted by molar-refractivity contribution is 5.94. The van der Waals surface area contributed by atoms with E-state index in [4.69, 9.17) is 4.74 Å². The fraction of sp³-hybridized carbons (Fsp3) is 0.235. The van der Waals surface area contributed by atoms with Crippen LogP contribution in [0.5, 0.6) is 5.75 Å². The fourth-order valence-electron chi connectivity index (χ4n) is 2.21. The summed E-state index contributed by atoms with van der Waals surface area (Å²) in [5.41, 5.74) is -3.31. The number of hydrogen-bond donors (Lipinski definition) is 1. The van der Waals surface area contributed by atoms with E-state index in [2.05, 4.69) is 5.32 Å². The van der Waals surface area contributed by atoms with E-state index in [1.54, 1.807) is 24.3 Å². The van der Waals surface area contributed by atoms with Crippen LogP contribution >= 0.6 is 0 Å². The number of benzene rings is 2. The minimum Gasteiger partial charge on any atom is -0.496 e. The summed E-state index contributed by atoms with van der Waals surface area (Å²) in [6.07, 6.45) is -10.0. The van der Waals surface area contributed by atoms with Crippen molar-refractivity contribution in [3.05, 3.63) is 64.7 Å². The summed E-state index contributed by atoms with van der Waals surface area (Å²) in [7, 11) is 1.39. The standard InChI is InChI=1S/C17H13F6NO2/c1-26-14-5-3-2-4-10(14)9-24-15(25)11-6-12(16(18,19)20)8-13(7-11)17(21,22)23/h2-8H,9H2,1H3,(H,24,25). The van der Waals surface area contributed by atoms with E-state index in [1.165, 1.54) is 7.11 Å². The summed E-state index contributed by atoms with van der Waals surface area (Å²) in [5, 5.41) is 2.29. The predicted molar refractivity (Wildman–Crippen MR) is 80.6 cm³/mol. The molecule has 2 rings (SSSR count). The molecule has 1 N–H and O–H groups in total. The molecule has 140 valence electrons. The Labute approximate surface area is 144 Å². The maximum Gasteiger partial charge on any atom is 0.416 e. The number of nitrogens with one attached hydrogen (secondary N) is 1. The Morgan fingerprint density at radius 2 is 1.50 bits per heavy atom. The quantitative estimate of drug-likeness (QED) is 0.787. The Kier molecular flexibility index (Phi) is 5.48. The third-order valence-electron chi connectivity index (χ3n) is 3.48. The van der Waals surface area contributed by atoms with E-state index in [0.29, 0.717) is 23.4 Å². The highest BCUT2D eigenvalue weighted by Gasteiger charge is 2.37. The number of carbonyl (C=O) groups excluding carboxylic acids is 1. The Morgan fingerprint density at radius 1 is 0.962 bits per heavy atom. The molecule has 26 heavy (non-hydrogen) atoms. The van der Waals surface area contributed by atoms with Crippen molar-refractivity contribution >= 4 is 5.91 Å². The molecule has 3 nitrogen and oxygen atoms in total. The lowest BCUT2D eigenvalue weighted by atomic mass is 10.0. The van der Waals surface area contributed by atoms with Gasteiger partial charge in [-0.05, 0) is 24.3 Å². The Hall–Kier alpha value is -2.71. The molecule has 9 heteroatoms. The molecular weight excluding hydrogens is 364 g/mol. The first-order valence-corrected chi connectivity index (χ1v) is 7.22. The molecule has 0 saturated heterocycles. The van der Waals surface area contributed by atoms with Gasteiger partial charge in [-0.25, -0.2) is 0 Å². The number of amides is 1. The molecule has 0 heterocycles. The van der Waals surface area contributed by atoms with E-state index in [1.807, 2.05) is 0 Å². The summed E-state index contributed by atoms with van der Waals surface area (Å²) in [5.74, 6) is -0.639. The zero-order valence-electron chi connectivity index (χ0n) is 13.3. The first-order valence-electron chi connectivity index (χ1n) is 7.22. The van der Waals surface area contributed by atoms with E-state index >= 15 is 0 Å². The lowest BCUT2D eigenvalue weighted by molar-refractivity contribution is -0.143. The van der Waals surface area contributed by atoms with Crippen molar-refractivity contribution in [3.63, 3.8) is 0 Å². The van der Waals surface area contributed by atoms with E-state index < -0.39 is 35.0 Å². The zero-order valence-corrected chi connectivity index (χ0v) is 13.3. The number of methoxy groups -OCH3 is 1. The Bertz CT molecular complexity index is 766. The molecule has 0 saturated carbocycles.